The van der Waals surface area contributed by atoms with Gasteiger partial charge in [-0.2, -0.15) is 0 Å². The van der Waals surface area contributed by atoms with Crippen LogP contribution >= 0.6 is 0 Å². The van der Waals surface area contributed by atoms with Gasteiger partial charge < -0.3 is 14.5 Å². The molecule has 6 heteroatoms. The summed E-state index contributed by atoms with van der Waals surface area (Å²) in [5.74, 6) is 0.793. The monoisotopic (exact) mass is 318 g/mol. The molecule has 2 atom stereocenters. The highest BCUT2D eigenvalue weighted by atomic mass is 16.6. The third kappa shape index (κ3) is 3.41. The summed E-state index contributed by atoms with van der Waals surface area (Å²) in [6.45, 7) is 11.2. The number of carbonyl (C=O) groups excluding carboxylic acids is 1. The third-order valence-electron chi connectivity index (χ3n) is 4.38. The number of fused-ring (bicyclic) bond motifs is 3. The molecule has 3 saturated heterocycles. The largest absolute Gasteiger partial charge is 0.444 e. The van der Waals surface area contributed by atoms with Gasteiger partial charge in [0.05, 0.1) is 6.04 Å². The predicted molar refractivity (Wildman–Crippen MR) is 88.6 cm³/mol. The van der Waals surface area contributed by atoms with Crippen LogP contribution in [0.25, 0.3) is 0 Å². The Morgan fingerprint density at radius 1 is 1.13 bits per heavy atom. The zero-order valence-corrected chi connectivity index (χ0v) is 14.7. The van der Waals surface area contributed by atoms with E-state index in [4.69, 9.17) is 4.74 Å². The van der Waals surface area contributed by atoms with Crippen LogP contribution in [0.1, 0.15) is 45.0 Å². The normalized spacial score (nSPS) is 24.0. The Balaban J connectivity index is 1.75. The van der Waals surface area contributed by atoms with Crippen molar-refractivity contribution in [1.82, 2.24) is 14.9 Å². The number of piperazine rings is 1. The van der Waals surface area contributed by atoms with Crippen molar-refractivity contribution in [3.63, 3.8) is 0 Å². The van der Waals surface area contributed by atoms with Gasteiger partial charge in [-0.25, -0.2) is 14.8 Å². The van der Waals surface area contributed by atoms with E-state index >= 15 is 0 Å². The third-order valence-corrected chi connectivity index (χ3v) is 4.38. The Kier molecular flexibility index (Phi) is 3.94. The Morgan fingerprint density at radius 2 is 1.74 bits per heavy atom. The fourth-order valence-corrected chi connectivity index (χ4v) is 3.45. The molecule has 1 aromatic heterocycles. The van der Waals surface area contributed by atoms with Gasteiger partial charge in [-0.05, 0) is 53.5 Å². The first kappa shape index (κ1) is 16.0. The highest BCUT2D eigenvalue weighted by Gasteiger charge is 2.43. The van der Waals surface area contributed by atoms with Gasteiger partial charge in [0.1, 0.15) is 5.60 Å². The second-order valence-electron chi connectivity index (χ2n) is 7.62. The minimum absolute atomic E-state index is 0.180. The van der Waals surface area contributed by atoms with Crippen LogP contribution in [0.4, 0.5) is 10.7 Å². The highest BCUT2D eigenvalue weighted by Crippen LogP contribution is 2.32. The summed E-state index contributed by atoms with van der Waals surface area (Å²) in [6, 6.07) is 2.44. The first-order valence-corrected chi connectivity index (χ1v) is 8.31. The van der Waals surface area contributed by atoms with Gasteiger partial charge >= 0.3 is 6.09 Å². The highest BCUT2D eigenvalue weighted by molar-refractivity contribution is 5.69. The lowest BCUT2D eigenvalue weighted by Gasteiger charge is -2.51. The number of ether oxygens (including phenoxy) is 1. The molecule has 0 saturated carbocycles. The van der Waals surface area contributed by atoms with Gasteiger partial charge in [-0.3, -0.25) is 0 Å². The number of aryl methyl sites for hydroxylation is 2. The predicted octanol–water partition coefficient (Wildman–Crippen LogP) is 2.68. The molecule has 2 bridgehead atoms. The van der Waals surface area contributed by atoms with Crippen molar-refractivity contribution in [2.75, 3.05) is 18.0 Å². The average molecular weight is 318 g/mol. The molecule has 3 aliphatic rings. The van der Waals surface area contributed by atoms with Crippen LogP contribution in [-0.4, -0.2) is 51.7 Å². The quantitative estimate of drug-likeness (QED) is 0.797. The van der Waals surface area contributed by atoms with E-state index in [1.807, 2.05) is 45.6 Å². The molecule has 0 aromatic carbocycles. The molecule has 23 heavy (non-hydrogen) atoms. The molecule has 0 radical (unpaired) electrons. The number of anilines is 1. The summed E-state index contributed by atoms with van der Waals surface area (Å²) in [5, 5.41) is 0. The van der Waals surface area contributed by atoms with E-state index < -0.39 is 5.60 Å². The molecule has 3 fully saturated rings. The second kappa shape index (κ2) is 5.65. The van der Waals surface area contributed by atoms with Gasteiger partial charge in [-0.15, -0.1) is 0 Å². The van der Waals surface area contributed by atoms with Gasteiger partial charge in [0.15, 0.2) is 0 Å². The summed E-state index contributed by atoms with van der Waals surface area (Å²) in [5.41, 5.74) is 1.51. The number of rotatable bonds is 1. The van der Waals surface area contributed by atoms with E-state index in [0.717, 1.165) is 36.7 Å². The van der Waals surface area contributed by atoms with Crippen LogP contribution in [0.15, 0.2) is 6.07 Å². The summed E-state index contributed by atoms with van der Waals surface area (Å²) in [7, 11) is 0. The SMILES string of the molecule is Cc1cc(C)nc(N2CC3CCC2CN3C(=O)OC(C)(C)C)n1. The molecule has 6 nitrogen and oxygen atoms in total. The summed E-state index contributed by atoms with van der Waals surface area (Å²) in [4.78, 5) is 25.7. The fraction of sp³-hybridized carbons (Fsp3) is 0.706. The number of aromatic nitrogens is 2. The molecule has 4 rings (SSSR count). The van der Waals surface area contributed by atoms with E-state index in [9.17, 15) is 4.79 Å². The maximum absolute atomic E-state index is 12.4. The number of nitrogens with zero attached hydrogens (tertiary/aromatic N) is 4. The molecule has 4 heterocycles. The Labute approximate surface area is 137 Å². The molecule has 0 spiro atoms. The smallest absolute Gasteiger partial charge is 0.410 e. The minimum atomic E-state index is -0.454. The lowest BCUT2D eigenvalue weighted by atomic mass is 9.91. The zero-order valence-electron chi connectivity index (χ0n) is 14.7. The standard InChI is InChI=1S/C17H26N4O2/c1-11-8-12(2)19-15(18-11)20-9-14-7-6-13(20)10-21(14)16(22)23-17(3,4)5/h8,13-14H,6-7,9-10H2,1-5H3. The average Bonchev–Trinajstić information content (AvgIpc) is 2.44. The molecule has 0 N–H and O–H groups in total. The number of hydrogen-bond acceptors (Lipinski definition) is 5. The number of piperidine rings is 2. The number of amides is 1. The molecular weight excluding hydrogens is 292 g/mol. The van der Waals surface area contributed by atoms with E-state index in [2.05, 4.69) is 14.9 Å². The molecular formula is C17H26N4O2. The lowest BCUT2D eigenvalue weighted by molar-refractivity contribution is 0.000666. The maximum Gasteiger partial charge on any atom is 0.410 e. The van der Waals surface area contributed by atoms with E-state index in [1.54, 1.807) is 0 Å². The van der Waals surface area contributed by atoms with E-state index in [1.165, 1.54) is 0 Å². The van der Waals surface area contributed by atoms with Gasteiger partial charge in [0.2, 0.25) is 5.95 Å². The first-order chi connectivity index (χ1) is 10.7. The topological polar surface area (TPSA) is 58.6 Å². The minimum Gasteiger partial charge on any atom is -0.444 e. The Bertz CT molecular complexity index is 591. The molecule has 1 amide bonds. The van der Waals surface area contributed by atoms with Crippen molar-refractivity contribution in [1.29, 1.82) is 0 Å². The van der Waals surface area contributed by atoms with Crippen LogP contribution < -0.4 is 4.90 Å². The van der Waals surface area contributed by atoms with E-state index in [-0.39, 0.29) is 18.2 Å². The Morgan fingerprint density at radius 3 is 2.26 bits per heavy atom. The molecule has 1 aromatic rings. The van der Waals surface area contributed by atoms with Crippen molar-refractivity contribution < 1.29 is 9.53 Å². The zero-order chi connectivity index (χ0) is 16.8. The fourth-order valence-electron chi connectivity index (χ4n) is 3.45. The van der Waals surface area contributed by atoms with Crippen molar-refractivity contribution >= 4 is 12.0 Å². The molecule has 126 valence electrons. The summed E-state index contributed by atoms with van der Waals surface area (Å²) in [6.07, 6.45) is 1.89. The van der Waals surface area contributed by atoms with Crippen LogP contribution in [0, 0.1) is 13.8 Å². The summed E-state index contributed by atoms with van der Waals surface area (Å²) < 4.78 is 5.55. The maximum atomic E-state index is 12.4. The van der Waals surface area contributed by atoms with Gasteiger partial charge in [0.25, 0.3) is 0 Å². The molecule has 0 aliphatic carbocycles. The number of hydrogen-bond donors (Lipinski definition) is 0. The lowest BCUT2D eigenvalue weighted by Crippen LogP contribution is -2.64. The van der Waals surface area contributed by atoms with Crippen LogP contribution in [0.3, 0.4) is 0 Å². The van der Waals surface area contributed by atoms with Crippen molar-refractivity contribution in [3.8, 4) is 0 Å². The van der Waals surface area contributed by atoms with Crippen molar-refractivity contribution in [2.45, 2.75) is 65.1 Å². The van der Waals surface area contributed by atoms with Crippen molar-refractivity contribution in [2.24, 2.45) is 0 Å². The second-order valence-corrected chi connectivity index (χ2v) is 7.62. The number of carbonyl (C=O) groups is 1. The van der Waals surface area contributed by atoms with Crippen LogP contribution in [0.5, 0.6) is 0 Å². The molecule has 2 unspecified atom stereocenters. The van der Waals surface area contributed by atoms with Gasteiger partial charge in [-0.1, -0.05) is 0 Å². The summed E-state index contributed by atoms with van der Waals surface area (Å²) >= 11 is 0. The van der Waals surface area contributed by atoms with Crippen LogP contribution in [0.2, 0.25) is 0 Å². The van der Waals surface area contributed by atoms with Gasteiger partial charge in [0, 0.05) is 30.5 Å². The van der Waals surface area contributed by atoms with E-state index in [0.29, 0.717) is 6.54 Å². The molecule has 3 aliphatic heterocycles. The first-order valence-electron chi connectivity index (χ1n) is 8.31. The Hall–Kier alpha value is -1.85. The van der Waals surface area contributed by atoms with Crippen molar-refractivity contribution in [3.05, 3.63) is 17.5 Å². The van der Waals surface area contributed by atoms with Crippen LogP contribution in [-0.2, 0) is 4.74 Å².